The van der Waals surface area contributed by atoms with E-state index in [0.717, 1.165) is 5.56 Å². The van der Waals surface area contributed by atoms with Gasteiger partial charge in [0.1, 0.15) is 0 Å². The Morgan fingerprint density at radius 2 is 2.00 bits per heavy atom. The van der Waals surface area contributed by atoms with Crippen molar-refractivity contribution in [3.05, 3.63) is 65.0 Å². The van der Waals surface area contributed by atoms with Crippen LogP contribution in [0.5, 0.6) is 0 Å². The summed E-state index contributed by atoms with van der Waals surface area (Å²) in [5.41, 5.74) is 2.22. The molecule has 0 fully saturated rings. The number of pyridine rings is 1. The van der Waals surface area contributed by atoms with Crippen LogP contribution in [-0.4, -0.2) is 20.4 Å². The van der Waals surface area contributed by atoms with Crippen molar-refractivity contribution < 1.29 is 4.79 Å². The molecule has 0 aliphatic carbocycles. The van der Waals surface area contributed by atoms with Gasteiger partial charge in [-0.1, -0.05) is 12.1 Å². The van der Waals surface area contributed by atoms with E-state index in [2.05, 4.69) is 15.3 Å². The van der Waals surface area contributed by atoms with Crippen LogP contribution in [0.1, 0.15) is 12.0 Å². The normalized spacial score (nSPS) is 10.7. The smallest absolute Gasteiger partial charge is 0.261 e. The maximum atomic E-state index is 12.4. The minimum absolute atomic E-state index is 0.129. The first-order valence-corrected chi connectivity index (χ1v) is 7.30. The topological polar surface area (TPSA) is 76.9 Å². The van der Waals surface area contributed by atoms with Crippen LogP contribution in [0.3, 0.4) is 0 Å². The number of hydrogen-bond donors (Lipinski definition) is 1. The zero-order valence-electron chi connectivity index (χ0n) is 12.7. The van der Waals surface area contributed by atoms with Crippen LogP contribution in [0, 0.1) is 6.92 Å². The summed E-state index contributed by atoms with van der Waals surface area (Å²) in [6.07, 6.45) is 4.91. The maximum Gasteiger partial charge on any atom is 0.261 e. The van der Waals surface area contributed by atoms with Crippen LogP contribution in [0.4, 0.5) is 5.69 Å². The van der Waals surface area contributed by atoms with E-state index >= 15 is 0 Å². The number of fused-ring (bicyclic) bond motifs is 1. The molecule has 0 atom stereocenters. The molecule has 0 radical (unpaired) electrons. The Kier molecular flexibility index (Phi) is 4.14. The molecule has 0 aliphatic rings. The molecule has 0 bridgehead atoms. The monoisotopic (exact) mass is 308 g/mol. The number of para-hydroxylation sites is 1. The Hall–Kier alpha value is -3.02. The van der Waals surface area contributed by atoms with Crippen LogP contribution in [0.25, 0.3) is 10.9 Å². The van der Waals surface area contributed by atoms with E-state index in [-0.39, 0.29) is 24.4 Å². The highest BCUT2D eigenvalue weighted by Crippen LogP contribution is 2.11. The van der Waals surface area contributed by atoms with E-state index in [1.807, 2.05) is 19.1 Å². The molecule has 1 aromatic carbocycles. The van der Waals surface area contributed by atoms with Gasteiger partial charge < -0.3 is 5.32 Å². The lowest BCUT2D eigenvalue weighted by atomic mass is 10.1. The molecule has 3 aromatic rings. The molecule has 0 aliphatic heterocycles. The molecule has 2 aromatic heterocycles. The Balaban J connectivity index is 1.74. The van der Waals surface area contributed by atoms with E-state index in [1.54, 1.807) is 30.6 Å². The maximum absolute atomic E-state index is 12.4. The van der Waals surface area contributed by atoms with Crippen molar-refractivity contribution in [3.63, 3.8) is 0 Å². The Morgan fingerprint density at radius 3 is 2.78 bits per heavy atom. The summed E-state index contributed by atoms with van der Waals surface area (Å²) in [4.78, 5) is 32.6. The largest absolute Gasteiger partial charge is 0.326 e. The van der Waals surface area contributed by atoms with Gasteiger partial charge in [0.15, 0.2) is 0 Å². The Morgan fingerprint density at radius 1 is 1.22 bits per heavy atom. The summed E-state index contributed by atoms with van der Waals surface area (Å²) in [6.45, 7) is 2.20. The molecule has 1 amide bonds. The lowest BCUT2D eigenvalue weighted by Gasteiger charge is -2.08. The van der Waals surface area contributed by atoms with Gasteiger partial charge in [-0.05, 0) is 30.7 Å². The van der Waals surface area contributed by atoms with Gasteiger partial charge in [-0.3, -0.25) is 19.1 Å². The molecule has 116 valence electrons. The van der Waals surface area contributed by atoms with E-state index in [1.165, 1.54) is 10.9 Å². The highest BCUT2D eigenvalue weighted by atomic mass is 16.1. The molecule has 0 saturated carbocycles. The Bertz CT molecular complexity index is 903. The number of benzene rings is 1. The predicted molar refractivity (Wildman–Crippen MR) is 88.2 cm³/mol. The summed E-state index contributed by atoms with van der Waals surface area (Å²) in [5, 5.41) is 3.33. The third-order valence-corrected chi connectivity index (χ3v) is 3.60. The van der Waals surface area contributed by atoms with Crippen molar-refractivity contribution in [1.82, 2.24) is 14.5 Å². The van der Waals surface area contributed by atoms with Gasteiger partial charge in [0.2, 0.25) is 5.91 Å². The van der Waals surface area contributed by atoms with Gasteiger partial charge in [-0.2, -0.15) is 0 Å². The van der Waals surface area contributed by atoms with Crippen molar-refractivity contribution in [1.29, 1.82) is 0 Å². The number of nitrogens with one attached hydrogen (secondary N) is 1. The molecule has 1 N–H and O–H groups in total. The number of amides is 1. The zero-order chi connectivity index (χ0) is 16.2. The van der Waals surface area contributed by atoms with Crippen LogP contribution >= 0.6 is 0 Å². The van der Waals surface area contributed by atoms with Crippen LogP contribution in [0.2, 0.25) is 0 Å². The zero-order valence-corrected chi connectivity index (χ0v) is 12.7. The molecule has 2 heterocycles. The molecular weight excluding hydrogens is 292 g/mol. The third kappa shape index (κ3) is 3.26. The SMILES string of the molecule is Cc1cccc2c(=O)n(CCC(=O)Nc3ccncc3)cnc12. The molecule has 6 heteroatoms. The Labute approximate surface area is 132 Å². The first-order valence-electron chi connectivity index (χ1n) is 7.30. The third-order valence-electron chi connectivity index (χ3n) is 3.60. The van der Waals surface area contributed by atoms with Crippen LogP contribution in [-0.2, 0) is 11.3 Å². The second-order valence-electron chi connectivity index (χ2n) is 5.25. The van der Waals surface area contributed by atoms with Crippen molar-refractivity contribution in [2.75, 3.05) is 5.32 Å². The van der Waals surface area contributed by atoms with Crippen LogP contribution in [0.15, 0.2) is 53.8 Å². The molecular formula is C17H16N4O2. The van der Waals surface area contributed by atoms with Crippen LogP contribution < -0.4 is 10.9 Å². The molecule has 0 saturated heterocycles. The molecule has 0 spiro atoms. The quantitative estimate of drug-likeness (QED) is 0.801. The van der Waals surface area contributed by atoms with Crippen molar-refractivity contribution in [2.24, 2.45) is 0 Å². The highest BCUT2D eigenvalue weighted by molar-refractivity contribution is 5.90. The standard InChI is InChI=1S/C17H16N4O2/c1-12-3-2-4-14-16(12)19-11-21(17(14)23)10-7-15(22)20-13-5-8-18-9-6-13/h2-6,8-9,11H,7,10H2,1H3,(H,18,20,22). The van der Waals surface area contributed by atoms with E-state index in [9.17, 15) is 9.59 Å². The number of carbonyl (C=O) groups is 1. The summed E-state index contributed by atoms with van der Waals surface area (Å²) < 4.78 is 1.47. The molecule has 6 nitrogen and oxygen atoms in total. The van der Waals surface area contributed by atoms with Gasteiger partial charge in [-0.15, -0.1) is 0 Å². The number of carbonyl (C=O) groups excluding carboxylic acids is 1. The number of aromatic nitrogens is 3. The number of anilines is 1. The fraction of sp³-hybridized carbons (Fsp3) is 0.176. The summed E-state index contributed by atoms with van der Waals surface area (Å²) in [7, 11) is 0. The van der Waals surface area contributed by atoms with Gasteiger partial charge >= 0.3 is 0 Å². The average Bonchev–Trinajstić information content (AvgIpc) is 2.56. The fourth-order valence-electron chi connectivity index (χ4n) is 2.38. The van der Waals surface area contributed by atoms with E-state index in [4.69, 9.17) is 0 Å². The van der Waals surface area contributed by atoms with Crippen molar-refractivity contribution in [2.45, 2.75) is 19.9 Å². The molecule has 3 rings (SSSR count). The second-order valence-corrected chi connectivity index (χ2v) is 5.25. The highest BCUT2D eigenvalue weighted by Gasteiger charge is 2.08. The average molecular weight is 308 g/mol. The molecule has 0 unspecified atom stereocenters. The van der Waals surface area contributed by atoms with Gasteiger partial charge in [0, 0.05) is 31.0 Å². The van der Waals surface area contributed by atoms with Crippen molar-refractivity contribution in [3.8, 4) is 0 Å². The summed E-state index contributed by atoms with van der Waals surface area (Å²) in [5.74, 6) is -0.160. The van der Waals surface area contributed by atoms with Gasteiger partial charge in [-0.25, -0.2) is 4.98 Å². The number of rotatable bonds is 4. The number of hydrogen-bond acceptors (Lipinski definition) is 4. The molecule has 23 heavy (non-hydrogen) atoms. The minimum atomic E-state index is -0.160. The summed E-state index contributed by atoms with van der Waals surface area (Å²) in [6, 6.07) is 8.93. The number of nitrogens with zero attached hydrogens (tertiary/aromatic N) is 3. The summed E-state index contributed by atoms with van der Waals surface area (Å²) >= 11 is 0. The van der Waals surface area contributed by atoms with E-state index in [0.29, 0.717) is 16.6 Å². The number of aryl methyl sites for hydroxylation is 2. The van der Waals surface area contributed by atoms with Crippen molar-refractivity contribution >= 4 is 22.5 Å². The first kappa shape index (κ1) is 14.9. The second kappa shape index (κ2) is 6.39. The lowest BCUT2D eigenvalue weighted by molar-refractivity contribution is -0.116. The first-order chi connectivity index (χ1) is 11.1. The minimum Gasteiger partial charge on any atom is -0.326 e. The van der Waals surface area contributed by atoms with Gasteiger partial charge in [0.05, 0.1) is 17.2 Å². The predicted octanol–water partition coefficient (Wildman–Crippen LogP) is 2.13. The van der Waals surface area contributed by atoms with E-state index < -0.39 is 0 Å². The fourth-order valence-corrected chi connectivity index (χ4v) is 2.38. The lowest BCUT2D eigenvalue weighted by Crippen LogP contribution is -2.23. The van der Waals surface area contributed by atoms with Gasteiger partial charge in [0.25, 0.3) is 5.56 Å².